The topological polar surface area (TPSA) is 66.8 Å². The number of hydrogen-bond donors (Lipinski definition) is 1. The third kappa shape index (κ3) is 2.78. The maximum atomic E-state index is 13.1. The third-order valence-electron chi connectivity index (χ3n) is 5.53. The first-order valence-corrected chi connectivity index (χ1v) is 9.53. The molecule has 0 saturated carbocycles. The van der Waals surface area contributed by atoms with Crippen LogP contribution in [0.4, 0.5) is 0 Å². The molecule has 1 aliphatic rings. The van der Waals surface area contributed by atoms with Gasteiger partial charge in [0.1, 0.15) is 0 Å². The molecule has 3 heterocycles. The van der Waals surface area contributed by atoms with Crippen LogP contribution in [0.15, 0.2) is 54.9 Å². The first kappa shape index (κ1) is 16.7. The van der Waals surface area contributed by atoms with E-state index in [4.69, 9.17) is 5.10 Å². The quantitative estimate of drug-likeness (QED) is 0.588. The van der Waals surface area contributed by atoms with Crippen molar-refractivity contribution in [3.05, 3.63) is 71.7 Å². The number of imidazole rings is 1. The van der Waals surface area contributed by atoms with Crippen molar-refractivity contribution in [2.24, 2.45) is 7.05 Å². The number of rotatable bonds is 2. The van der Waals surface area contributed by atoms with Gasteiger partial charge in [-0.15, -0.1) is 0 Å². The molecule has 1 N–H and O–H groups in total. The summed E-state index contributed by atoms with van der Waals surface area (Å²) >= 11 is 0. The van der Waals surface area contributed by atoms with Crippen LogP contribution >= 0.6 is 0 Å². The molecule has 0 fully saturated rings. The van der Waals surface area contributed by atoms with E-state index in [2.05, 4.69) is 22.1 Å². The number of hydrogen-bond acceptors (Lipinski definition) is 3. The lowest BCUT2D eigenvalue weighted by Crippen LogP contribution is -2.33. The van der Waals surface area contributed by atoms with E-state index in [1.807, 2.05) is 53.0 Å². The van der Waals surface area contributed by atoms with Crippen LogP contribution in [0.25, 0.3) is 22.3 Å². The van der Waals surface area contributed by atoms with Gasteiger partial charge in [-0.2, -0.15) is 5.10 Å². The number of H-pyrrole nitrogens is 1. The van der Waals surface area contributed by atoms with Crippen LogP contribution in [0, 0.1) is 0 Å². The average molecular weight is 371 g/mol. The fourth-order valence-corrected chi connectivity index (χ4v) is 4.06. The highest BCUT2D eigenvalue weighted by atomic mass is 16.2. The highest BCUT2D eigenvalue weighted by Gasteiger charge is 2.25. The Morgan fingerprint density at radius 3 is 2.75 bits per heavy atom. The normalized spacial score (nSPS) is 14.1. The van der Waals surface area contributed by atoms with E-state index >= 15 is 0 Å². The molecule has 2 aromatic heterocycles. The summed E-state index contributed by atoms with van der Waals surface area (Å²) in [5.41, 5.74) is 7.10. The standard InChI is InChI=1S/C22H21N5O/c1-26-20-10-12-27(22(28)16-7-8-18-19(13-16)24-14-23-18)11-9-17(20)21(25-26)15-5-3-2-4-6-15/h2-8,13-14H,9-12H2,1H3,(H,23,24). The summed E-state index contributed by atoms with van der Waals surface area (Å²) in [5.74, 6) is 0.0681. The fourth-order valence-electron chi connectivity index (χ4n) is 4.06. The molecule has 28 heavy (non-hydrogen) atoms. The predicted molar refractivity (Wildman–Crippen MR) is 108 cm³/mol. The third-order valence-corrected chi connectivity index (χ3v) is 5.53. The Morgan fingerprint density at radius 1 is 1.07 bits per heavy atom. The van der Waals surface area contributed by atoms with Gasteiger partial charge >= 0.3 is 0 Å². The minimum atomic E-state index is 0.0681. The highest BCUT2D eigenvalue weighted by molar-refractivity contribution is 5.97. The molecule has 0 radical (unpaired) electrons. The van der Waals surface area contributed by atoms with Crippen LogP contribution in [0.5, 0.6) is 0 Å². The Hall–Kier alpha value is -3.41. The fraction of sp³-hybridized carbons (Fsp3) is 0.227. The van der Waals surface area contributed by atoms with Crippen LogP contribution in [0.2, 0.25) is 0 Å². The summed E-state index contributed by atoms with van der Waals surface area (Å²) in [6, 6.07) is 15.9. The molecule has 140 valence electrons. The van der Waals surface area contributed by atoms with Gasteiger partial charge in [-0.05, 0) is 24.6 Å². The van der Waals surface area contributed by atoms with Crippen molar-refractivity contribution in [3.63, 3.8) is 0 Å². The largest absolute Gasteiger partial charge is 0.345 e. The molecule has 0 spiro atoms. The second-order valence-corrected chi connectivity index (χ2v) is 7.19. The van der Waals surface area contributed by atoms with Crippen molar-refractivity contribution in [2.45, 2.75) is 12.8 Å². The molecular formula is C22H21N5O. The number of aromatic nitrogens is 4. The van der Waals surface area contributed by atoms with Gasteiger partial charge in [0, 0.05) is 48.9 Å². The Balaban J connectivity index is 1.42. The summed E-state index contributed by atoms with van der Waals surface area (Å²) in [6.07, 6.45) is 3.27. The van der Waals surface area contributed by atoms with Gasteiger partial charge in [0.25, 0.3) is 5.91 Å². The van der Waals surface area contributed by atoms with Gasteiger partial charge in [0.15, 0.2) is 0 Å². The van der Waals surface area contributed by atoms with E-state index in [1.54, 1.807) is 6.33 Å². The zero-order chi connectivity index (χ0) is 19.1. The summed E-state index contributed by atoms with van der Waals surface area (Å²) in [6.45, 7) is 1.39. The number of nitrogens with one attached hydrogen (secondary N) is 1. The van der Waals surface area contributed by atoms with E-state index in [0.29, 0.717) is 18.7 Å². The Morgan fingerprint density at radius 2 is 1.89 bits per heavy atom. The van der Waals surface area contributed by atoms with Crippen LogP contribution in [-0.4, -0.2) is 43.6 Å². The average Bonchev–Trinajstić information content (AvgIpc) is 3.25. The maximum Gasteiger partial charge on any atom is 0.253 e. The number of aryl methyl sites for hydroxylation is 1. The molecule has 5 rings (SSSR count). The highest BCUT2D eigenvalue weighted by Crippen LogP contribution is 2.28. The van der Waals surface area contributed by atoms with E-state index in [9.17, 15) is 4.79 Å². The van der Waals surface area contributed by atoms with Gasteiger partial charge in [0.05, 0.1) is 23.1 Å². The molecule has 0 atom stereocenters. The number of carbonyl (C=O) groups is 1. The second-order valence-electron chi connectivity index (χ2n) is 7.19. The first-order chi connectivity index (χ1) is 13.7. The molecule has 4 aromatic rings. The van der Waals surface area contributed by atoms with E-state index in [0.717, 1.165) is 35.1 Å². The van der Waals surface area contributed by atoms with Crippen LogP contribution < -0.4 is 0 Å². The van der Waals surface area contributed by atoms with Gasteiger partial charge in [-0.3, -0.25) is 9.48 Å². The van der Waals surface area contributed by atoms with E-state index in [1.165, 1.54) is 11.3 Å². The van der Waals surface area contributed by atoms with Crippen molar-refractivity contribution in [1.29, 1.82) is 0 Å². The van der Waals surface area contributed by atoms with Gasteiger partial charge in [-0.1, -0.05) is 30.3 Å². The van der Waals surface area contributed by atoms with Crippen molar-refractivity contribution in [2.75, 3.05) is 13.1 Å². The zero-order valence-corrected chi connectivity index (χ0v) is 15.7. The molecule has 0 unspecified atom stereocenters. The summed E-state index contributed by atoms with van der Waals surface area (Å²) in [7, 11) is 1.99. The number of nitrogens with zero attached hydrogens (tertiary/aromatic N) is 4. The molecule has 2 aromatic carbocycles. The second kappa shape index (κ2) is 6.64. The molecule has 0 saturated heterocycles. The Bertz CT molecular complexity index is 1160. The number of carbonyl (C=O) groups excluding carboxylic acids is 1. The molecule has 1 amide bonds. The lowest BCUT2D eigenvalue weighted by atomic mass is 10.0. The summed E-state index contributed by atoms with van der Waals surface area (Å²) < 4.78 is 1.97. The minimum Gasteiger partial charge on any atom is -0.345 e. The SMILES string of the molecule is Cn1nc(-c2ccccc2)c2c1CCN(C(=O)c1ccc3nc[nH]c3c1)CC2. The van der Waals surface area contributed by atoms with E-state index < -0.39 is 0 Å². The molecular weight excluding hydrogens is 350 g/mol. The van der Waals surface area contributed by atoms with Gasteiger partial charge in [-0.25, -0.2) is 4.98 Å². The van der Waals surface area contributed by atoms with E-state index in [-0.39, 0.29) is 5.91 Å². The smallest absolute Gasteiger partial charge is 0.253 e. The van der Waals surface area contributed by atoms with Crippen molar-refractivity contribution in [3.8, 4) is 11.3 Å². The molecule has 1 aliphatic heterocycles. The minimum absolute atomic E-state index is 0.0681. The van der Waals surface area contributed by atoms with Crippen LogP contribution in [-0.2, 0) is 19.9 Å². The van der Waals surface area contributed by atoms with Crippen molar-refractivity contribution < 1.29 is 4.79 Å². The predicted octanol–water partition coefficient (Wildman–Crippen LogP) is 3.20. The summed E-state index contributed by atoms with van der Waals surface area (Å²) in [5, 5.41) is 4.76. The number of fused-ring (bicyclic) bond motifs is 2. The van der Waals surface area contributed by atoms with Crippen molar-refractivity contribution in [1.82, 2.24) is 24.6 Å². The molecule has 6 heteroatoms. The summed E-state index contributed by atoms with van der Waals surface area (Å²) in [4.78, 5) is 22.4. The van der Waals surface area contributed by atoms with Gasteiger partial charge < -0.3 is 9.88 Å². The Kier molecular flexibility index (Phi) is 3.97. The van der Waals surface area contributed by atoms with Crippen LogP contribution in [0.3, 0.4) is 0 Å². The van der Waals surface area contributed by atoms with Crippen LogP contribution in [0.1, 0.15) is 21.6 Å². The number of aromatic amines is 1. The van der Waals surface area contributed by atoms with Crippen molar-refractivity contribution >= 4 is 16.9 Å². The lowest BCUT2D eigenvalue weighted by molar-refractivity contribution is 0.0762. The maximum absolute atomic E-state index is 13.1. The lowest BCUT2D eigenvalue weighted by Gasteiger charge is -2.20. The number of benzene rings is 2. The first-order valence-electron chi connectivity index (χ1n) is 9.53. The monoisotopic (exact) mass is 371 g/mol. The molecule has 6 nitrogen and oxygen atoms in total. The number of amides is 1. The molecule has 0 bridgehead atoms. The zero-order valence-electron chi connectivity index (χ0n) is 15.7. The van der Waals surface area contributed by atoms with Gasteiger partial charge in [0.2, 0.25) is 0 Å². The molecule has 0 aliphatic carbocycles. The Labute approximate surface area is 162 Å².